The molecule has 1 aromatic heterocycles. The SMILES string of the molecule is O=C(Nc1cccc(Oc2cnccn2)c1)[C@@H]1Cc2ccccc2O1. The largest absolute Gasteiger partial charge is 0.480 e. The predicted molar refractivity (Wildman–Crippen MR) is 91.7 cm³/mol. The van der Waals surface area contributed by atoms with Crippen molar-refractivity contribution in [1.29, 1.82) is 0 Å². The molecule has 0 saturated heterocycles. The lowest BCUT2D eigenvalue weighted by Gasteiger charge is -2.12. The van der Waals surface area contributed by atoms with Gasteiger partial charge in [-0.05, 0) is 23.8 Å². The van der Waals surface area contributed by atoms with Crippen LogP contribution < -0.4 is 14.8 Å². The highest BCUT2D eigenvalue weighted by molar-refractivity contribution is 5.95. The topological polar surface area (TPSA) is 73.3 Å². The van der Waals surface area contributed by atoms with Gasteiger partial charge in [0, 0.05) is 30.6 Å². The molecule has 2 aromatic carbocycles. The summed E-state index contributed by atoms with van der Waals surface area (Å²) in [6.07, 6.45) is 4.69. The maximum atomic E-state index is 12.5. The quantitative estimate of drug-likeness (QED) is 0.793. The Bertz CT molecular complexity index is 874. The Morgan fingerprint density at radius 1 is 1.16 bits per heavy atom. The van der Waals surface area contributed by atoms with E-state index >= 15 is 0 Å². The molecule has 1 atom stereocenters. The number of para-hydroxylation sites is 1. The Balaban J connectivity index is 1.43. The number of fused-ring (bicyclic) bond motifs is 1. The van der Waals surface area contributed by atoms with Gasteiger partial charge in [-0.25, -0.2) is 4.98 Å². The molecule has 124 valence electrons. The van der Waals surface area contributed by atoms with E-state index in [9.17, 15) is 4.79 Å². The van der Waals surface area contributed by atoms with Crippen LogP contribution in [0.3, 0.4) is 0 Å². The van der Waals surface area contributed by atoms with Gasteiger partial charge in [0.2, 0.25) is 5.88 Å². The van der Waals surface area contributed by atoms with E-state index in [2.05, 4.69) is 15.3 Å². The number of aromatic nitrogens is 2. The Kier molecular flexibility index (Phi) is 4.00. The number of hydrogen-bond acceptors (Lipinski definition) is 5. The first-order valence-electron chi connectivity index (χ1n) is 7.87. The van der Waals surface area contributed by atoms with E-state index in [0.717, 1.165) is 11.3 Å². The minimum absolute atomic E-state index is 0.187. The highest BCUT2D eigenvalue weighted by Crippen LogP contribution is 2.29. The summed E-state index contributed by atoms with van der Waals surface area (Å²) in [7, 11) is 0. The molecule has 2 heterocycles. The van der Waals surface area contributed by atoms with Crippen LogP contribution in [0.1, 0.15) is 5.56 Å². The molecule has 1 aliphatic rings. The molecule has 1 N–H and O–H groups in total. The van der Waals surface area contributed by atoms with Crippen molar-refractivity contribution in [3.05, 3.63) is 72.7 Å². The number of rotatable bonds is 4. The van der Waals surface area contributed by atoms with Crippen LogP contribution >= 0.6 is 0 Å². The third kappa shape index (κ3) is 3.42. The van der Waals surface area contributed by atoms with Gasteiger partial charge >= 0.3 is 0 Å². The lowest BCUT2D eigenvalue weighted by molar-refractivity contribution is -0.122. The number of amides is 1. The first-order valence-corrected chi connectivity index (χ1v) is 7.87. The van der Waals surface area contributed by atoms with Gasteiger partial charge in [-0.2, -0.15) is 0 Å². The standard InChI is InChI=1S/C19H15N3O3/c23-19(17-10-13-4-1-2-7-16(13)25-17)22-14-5-3-6-15(11-14)24-18-12-20-8-9-21-18/h1-9,11-12,17H,10H2,(H,22,23)/t17-/m0/s1. The summed E-state index contributed by atoms with van der Waals surface area (Å²) < 4.78 is 11.3. The van der Waals surface area contributed by atoms with Crippen molar-refractivity contribution in [1.82, 2.24) is 9.97 Å². The van der Waals surface area contributed by atoms with Crippen molar-refractivity contribution in [2.75, 3.05) is 5.32 Å². The fraction of sp³-hybridized carbons (Fsp3) is 0.105. The predicted octanol–water partition coefficient (Wildman–Crippen LogP) is 3.21. The molecule has 1 amide bonds. The van der Waals surface area contributed by atoms with Gasteiger partial charge in [0.15, 0.2) is 6.10 Å². The highest BCUT2D eigenvalue weighted by Gasteiger charge is 2.28. The molecule has 6 heteroatoms. The van der Waals surface area contributed by atoms with Crippen LogP contribution in [0.15, 0.2) is 67.1 Å². The summed E-state index contributed by atoms with van der Waals surface area (Å²) in [5.41, 5.74) is 1.67. The van der Waals surface area contributed by atoms with Crippen LogP contribution in [-0.2, 0) is 11.2 Å². The number of carbonyl (C=O) groups is 1. The van der Waals surface area contributed by atoms with Crippen LogP contribution in [0.25, 0.3) is 0 Å². The first kappa shape index (κ1) is 15.1. The molecule has 0 fully saturated rings. The molecule has 0 bridgehead atoms. The number of benzene rings is 2. The van der Waals surface area contributed by atoms with Gasteiger partial charge in [-0.15, -0.1) is 0 Å². The van der Waals surface area contributed by atoms with E-state index in [1.807, 2.05) is 24.3 Å². The zero-order valence-electron chi connectivity index (χ0n) is 13.3. The van der Waals surface area contributed by atoms with Crippen molar-refractivity contribution in [3.63, 3.8) is 0 Å². The molecule has 0 spiro atoms. The second-order valence-electron chi connectivity index (χ2n) is 5.58. The maximum absolute atomic E-state index is 12.5. The van der Waals surface area contributed by atoms with Crippen molar-refractivity contribution in [2.24, 2.45) is 0 Å². The summed E-state index contributed by atoms with van der Waals surface area (Å²) in [6, 6.07) is 14.8. The minimum atomic E-state index is -0.526. The summed E-state index contributed by atoms with van der Waals surface area (Å²) in [5, 5.41) is 2.86. The van der Waals surface area contributed by atoms with E-state index in [0.29, 0.717) is 23.7 Å². The molecule has 0 aliphatic carbocycles. The number of anilines is 1. The maximum Gasteiger partial charge on any atom is 0.265 e. The van der Waals surface area contributed by atoms with E-state index in [1.165, 1.54) is 6.20 Å². The second-order valence-corrected chi connectivity index (χ2v) is 5.58. The van der Waals surface area contributed by atoms with Gasteiger partial charge in [0.1, 0.15) is 11.5 Å². The molecular formula is C19H15N3O3. The zero-order valence-corrected chi connectivity index (χ0v) is 13.3. The molecule has 3 aromatic rings. The number of nitrogens with zero attached hydrogens (tertiary/aromatic N) is 2. The molecule has 25 heavy (non-hydrogen) atoms. The van der Waals surface area contributed by atoms with Crippen LogP contribution in [0, 0.1) is 0 Å². The van der Waals surface area contributed by atoms with Crippen molar-refractivity contribution in [3.8, 4) is 17.4 Å². The normalized spacial score (nSPS) is 15.1. The Hall–Kier alpha value is -3.41. The molecule has 0 unspecified atom stereocenters. The van der Waals surface area contributed by atoms with Gasteiger partial charge < -0.3 is 14.8 Å². The van der Waals surface area contributed by atoms with Gasteiger partial charge in [0.25, 0.3) is 5.91 Å². The summed E-state index contributed by atoms with van der Waals surface area (Å²) >= 11 is 0. The minimum Gasteiger partial charge on any atom is -0.480 e. The lowest BCUT2D eigenvalue weighted by Crippen LogP contribution is -2.31. The van der Waals surface area contributed by atoms with Gasteiger partial charge in [-0.1, -0.05) is 24.3 Å². The van der Waals surface area contributed by atoms with E-state index in [-0.39, 0.29) is 5.91 Å². The third-order valence-electron chi connectivity index (χ3n) is 3.80. The molecule has 0 saturated carbocycles. The van der Waals surface area contributed by atoms with Gasteiger partial charge in [-0.3, -0.25) is 9.78 Å². The Morgan fingerprint density at radius 3 is 2.92 bits per heavy atom. The summed E-state index contributed by atoms with van der Waals surface area (Å²) in [6.45, 7) is 0. The lowest BCUT2D eigenvalue weighted by atomic mass is 10.1. The molecule has 0 radical (unpaired) electrons. The molecule has 4 rings (SSSR count). The molecule has 1 aliphatic heterocycles. The smallest absolute Gasteiger partial charge is 0.265 e. The molecule has 6 nitrogen and oxygen atoms in total. The fourth-order valence-corrected chi connectivity index (χ4v) is 2.65. The fourth-order valence-electron chi connectivity index (χ4n) is 2.65. The summed E-state index contributed by atoms with van der Waals surface area (Å²) in [5.74, 6) is 1.53. The van der Waals surface area contributed by atoms with Crippen LogP contribution in [-0.4, -0.2) is 22.0 Å². The van der Waals surface area contributed by atoms with Crippen LogP contribution in [0.4, 0.5) is 5.69 Å². The van der Waals surface area contributed by atoms with Crippen molar-refractivity contribution in [2.45, 2.75) is 12.5 Å². The second kappa shape index (κ2) is 6.60. The number of carbonyl (C=O) groups excluding carboxylic acids is 1. The van der Waals surface area contributed by atoms with Gasteiger partial charge in [0.05, 0.1) is 6.20 Å². The Labute approximate surface area is 144 Å². The highest BCUT2D eigenvalue weighted by atomic mass is 16.5. The van der Waals surface area contributed by atoms with Crippen molar-refractivity contribution < 1.29 is 14.3 Å². The summed E-state index contributed by atoms with van der Waals surface area (Å²) in [4.78, 5) is 20.5. The van der Waals surface area contributed by atoms with E-state index in [4.69, 9.17) is 9.47 Å². The van der Waals surface area contributed by atoms with Crippen molar-refractivity contribution >= 4 is 11.6 Å². The number of nitrogens with one attached hydrogen (secondary N) is 1. The van der Waals surface area contributed by atoms with E-state index in [1.54, 1.807) is 36.7 Å². The third-order valence-corrected chi connectivity index (χ3v) is 3.80. The van der Waals surface area contributed by atoms with Crippen LogP contribution in [0.5, 0.6) is 17.4 Å². The Morgan fingerprint density at radius 2 is 2.08 bits per heavy atom. The monoisotopic (exact) mass is 333 g/mol. The molecular weight excluding hydrogens is 318 g/mol. The van der Waals surface area contributed by atoms with Crippen LogP contribution in [0.2, 0.25) is 0 Å². The number of ether oxygens (including phenoxy) is 2. The average molecular weight is 333 g/mol. The number of hydrogen-bond donors (Lipinski definition) is 1. The van der Waals surface area contributed by atoms with E-state index < -0.39 is 6.10 Å². The zero-order chi connectivity index (χ0) is 17.1. The average Bonchev–Trinajstić information content (AvgIpc) is 3.07. The first-order chi connectivity index (χ1) is 12.3.